The largest absolute Gasteiger partial charge is 0.481 e. The van der Waals surface area contributed by atoms with Crippen molar-refractivity contribution in [2.45, 2.75) is 12.3 Å². The van der Waals surface area contributed by atoms with E-state index in [1.807, 2.05) is 0 Å². The van der Waals surface area contributed by atoms with E-state index in [-0.39, 0.29) is 17.1 Å². The predicted molar refractivity (Wildman–Crippen MR) is 75.3 cm³/mol. The zero-order chi connectivity index (χ0) is 14.9. The van der Waals surface area contributed by atoms with Gasteiger partial charge in [0.25, 0.3) is 5.69 Å². The fourth-order valence-electron chi connectivity index (χ4n) is 1.65. The minimum absolute atomic E-state index is 0.0927. The van der Waals surface area contributed by atoms with Crippen LogP contribution in [-0.4, -0.2) is 26.1 Å². The number of thiol groups is 1. The van der Waals surface area contributed by atoms with Gasteiger partial charge in [-0.05, 0) is 6.07 Å². The summed E-state index contributed by atoms with van der Waals surface area (Å²) in [5.74, 6) is -2.27. The lowest BCUT2D eigenvalue weighted by atomic mass is 10.1. The molecule has 1 unspecified atom stereocenters. The molecule has 0 spiro atoms. The monoisotopic (exact) mass is 312 g/mol. The van der Waals surface area contributed by atoms with Gasteiger partial charge in [-0.2, -0.15) is 0 Å². The Bertz CT molecular complexity index is 712. The number of fused-ring (bicyclic) bond motifs is 1. The lowest BCUT2D eigenvalue weighted by Crippen LogP contribution is -2.13. The molecule has 0 aliphatic carbocycles. The number of nitro benzene ring substituents is 1. The molecule has 0 saturated heterocycles. The second-order valence-electron chi connectivity index (χ2n) is 3.95. The summed E-state index contributed by atoms with van der Waals surface area (Å²) in [6.07, 6.45) is -0.277. The van der Waals surface area contributed by atoms with Crippen molar-refractivity contribution >= 4 is 51.0 Å². The first-order chi connectivity index (χ1) is 9.38. The fraction of sp³-hybridized carbons (Fsp3) is 0.182. The van der Waals surface area contributed by atoms with Crippen LogP contribution in [0.15, 0.2) is 18.2 Å². The molecule has 104 valence electrons. The molecule has 2 rings (SSSR count). The van der Waals surface area contributed by atoms with Gasteiger partial charge in [-0.3, -0.25) is 19.7 Å². The van der Waals surface area contributed by atoms with E-state index in [1.54, 1.807) is 0 Å². The normalized spacial score (nSPS) is 12.2. The Balaban J connectivity index is 2.46. The average Bonchev–Trinajstić information content (AvgIpc) is 2.77. The molecule has 0 fully saturated rings. The van der Waals surface area contributed by atoms with E-state index in [4.69, 9.17) is 5.11 Å². The SMILES string of the molecule is O=C(S)CC(C(=O)O)c1nc2ccc([N+](=O)[O-])cc2s1. The summed E-state index contributed by atoms with van der Waals surface area (Å²) >= 11 is 4.60. The number of carboxylic acids is 1. The smallest absolute Gasteiger partial charge is 0.313 e. The van der Waals surface area contributed by atoms with Gasteiger partial charge in [-0.15, -0.1) is 24.0 Å². The van der Waals surface area contributed by atoms with Crippen LogP contribution in [0.4, 0.5) is 5.69 Å². The molecule has 7 nitrogen and oxygen atoms in total. The van der Waals surface area contributed by atoms with Gasteiger partial charge in [0.2, 0.25) is 0 Å². The van der Waals surface area contributed by atoms with Crippen LogP contribution < -0.4 is 0 Å². The molecule has 1 heterocycles. The van der Waals surface area contributed by atoms with Gasteiger partial charge < -0.3 is 5.11 Å². The maximum absolute atomic E-state index is 11.2. The highest BCUT2D eigenvalue weighted by Gasteiger charge is 2.26. The standard InChI is InChI=1S/C11H8N2O5S2/c14-9(19)4-6(11(15)16)10-12-7-2-1-5(13(17)18)3-8(7)20-10/h1-3,6H,4H2,(H,14,19)(H,15,16). The molecule has 0 saturated carbocycles. The minimum Gasteiger partial charge on any atom is -0.481 e. The number of nitrogens with zero attached hydrogens (tertiary/aromatic N) is 2. The molecule has 2 aromatic rings. The number of non-ortho nitro benzene ring substituents is 1. The van der Waals surface area contributed by atoms with Crippen molar-refractivity contribution < 1.29 is 19.6 Å². The second-order valence-corrected chi connectivity index (χ2v) is 5.51. The van der Waals surface area contributed by atoms with Crippen molar-refractivity contribution in [3.05, 3.63) is 33.3 Å². The number of aromatic nitrogens is 1. The number of carboxylic acid groups (broad SMARTS) is 1. The Hall–Kier alpha value is -2.00. The van der Waals surface area contributed by atoms with Crippen LogP contribution in [0.25, 0.3) is 10.2 Å². The highest BCUT2D eigenvalue weighted by molar-refractivity contribution is 7.96. The highest BCUT2D eigenvalue weighted by atomic mass is 32.1. The number of thiazole rings is 1. The summed E-state index contributed by atoms with van der Waals surface area (Å²) in [5, 5.41) is 19.5. The Kier molecular flexibility index (Phi) is 4.00. The lowest BCUT2D eigenvalue weighted by Gasteiger charge is -2.05. The van der Waals surface area contributed by atoms with Crippen molar-refractivity contribution in [3.63, 3.8) is 0 Å². The average molecular weight is 312 g/mol. The molecule has 9 heteroatoms. The summed E-state index contributed by atoms with van der Waals surface area (Å²) < 4.78 is 0.507. The van der Waals surface area contributed by atoms with Gasteiger partial charge in [0, 0.05) is 18.6 Å². The molecule has 0 radical (unpaired) electrons. The molecule has 0 aliphatic heterocycles. The molecular formula is C11H8N2O5S2. The Morgan fingerprint density at radius 2 is 2.20 bits per heavy atom. The zero-order valence-electron chi connectivity index (χ0n) is 9.85. The number of nitro groups is 1. The van der Waals surface area contributed by atoms with Crippen LogP contribution >= 0.6 is 24.0 Å². The van der Waals surface area contributed by atoms with Gasteiger partial charge in [-0.25, -0.2) is 4.98 Å². The first kappa shape index (κ1) is 14.4. The lowest BCUT2D eigenvalue weighted by molar-refractivity contribution is -0.384. The zero-order valence-corrected chi connectivity index (χ0v) is 11.6. The van der Waals surface area contributed by atoms with Crippen LogP contribution in [-0.2, 0) is 9.59 Å². The van der Waals surface area contributed by atoms with E-state index >= 15 is 0 Å². The number of aliphatic carboxylic acids is 1. The quantitative estimate of drug-likeness (QED) is 0.497. The topological polar surface area (TPSA) is 110 Å². The van der Waals surface area contributed by atoms with Crippen LogP contribution in [0.5, 0.6) is 0 Å². The van der Waals surface area contributed by atoms with Gasteiger partial charge >= 0.3 is 5.97 Å². The van der Waals surface area contributed by atoms with Gasteiger partial charge in [-0.1, -0.05) is 0 Å². The number of rotatable bonds is 5. The van der Waals surface area contributed by atoms with Gasteiger partial charge in [0.1, 0.15) is 10.9 Å². The fourth-order valence-corrected chi connectivity index (χ4v) is 2.92. The third-order valence-electron chi connectivity index (χ3n) is 2.57. The van der Waals surface area contributed by atoms with Crippen molar-refractivity contribution in [2.75, 3.05) is 0 Å². The van der Waals surface area contributed by atoms with Crippen molar-refractivity contribution in [1.29, 1.82) is 0 Å². The molecule has 0 aliphatic rings. The third kappa shape index (κ3) is 2.94. The molecule has 1 atom stereocenters. The minimum atomic E-state index is -1.18. The van der Waals surface area contributed by atoms with E-state index in [1.165, 1.54) is 18.2 Å². The molecule has 1 aromatic carbocycles. The van der Waals surface area contributed by atoms with E-state index in [9.17, 15) is 19.7 Å². The summed E-state index contributed by atoms with van der Waals surface area (Å²) in [5.41, 5.74) is 0.373. The first-order valence-corrected chi connectivity index (χ1v) is 6.64. The number of carbonyl (C=O) groups excluding carboxylic acids is 1. The maximum atomic E-state index is 11.2. The Morgan fingerprint density at radius 1 is 1.50 bits per heavy atom. The third-order valence-corrected chi connectivity index (χ3v) is 3.89. The summed E-state index contributed by atoms with van der Waals surface area (Å²) in [6.45, 7) is 0. The number of hydrogen-bond donors (Lipinski definition) is 2. The number of carbonyl (C=O) groups is 2. The summed E-state index contributed by atoms with van der Waals surface area (Å²) in [4.78, 5) is 36.4. The molecule has 1 N–H and O–H groups in total. The van der Waals surface area contributed by atoms with Crippen LogP contribution in [0.2, 0.25) is 0 Å². The number of benzene rings is 1. The second kappa shape index (κ2) is 5.55. The molecular weight excluding hydrogens is 304 g/mol. The van der Waals surface area contributed by atoms with Crippen LogP contribution in [0, 0.1) is 10.1 Å². The molecule has 0 amide bonds. The van der Waals surface area contributed by atoms with Crippen molar-refractivity contribution in [1.82, 2.24) is 4.98 Å². The van der Waals surface area contributed by atoms with Crippen LogP contribution in [0.1, 0.15) is 17.3 Å². The summed E-state index contributed by atoms with van der Waals surface area (Å²) in [6, 6.07) is 4.08. The van der Waals surface area contributed by atoms with E-state index < -0.39 is 21.9 Å². The Morgan fingerprint density at radius 3 is 2.75 bits per heavy atom. The number of hydrogen-bond acceptors (Lipinski definition) is 6. The van der Waals surface area contributed by atoms with Gasteiger partial charge in [0.15, 0.2) is 5.12 Å². The molecule has 20 heavy (non-hydrogen) atoms. The van der Waals surface area contributed by atoms with Gasteiger partial charge in [0.05, 0.1) is 15.1 Å². The van der Waals surface area contributed by atoms with E-state index in [0.29, 0.717) is 10.2 Å². The molecule has 0 bridgehead atoms. The van der Waals surface area contributed by atoms with Crippen molar-refractivity contribution in [3.8, 4) is 0 Å². The first-order valence-electron chi connectivity index (χ1n) is 5.38. The van der Waals surface area contributed by atoms with Crippen LogP contribution in [0.3, 0.4) is 0 Å². The highest BCUT2D eigenvalue weighted by Crippen LogP contribution is 2.32. The van der Waals surface area contributed by atoms with E-state index in [2.05, 4.69) is 17.6 Å². The van der Waals surface area contributed by atoms with E-state index in [0.717, 1.165) is 11.3 Å². The molecule has 1 aromatic heterocycles. The maximum Gasteiger partial charge on any atom is 0.313 e. The van der Waals surface area contributed by atoms with Crippen molar-refractivity contribution in [2.24, 2.45) is 0 Å². The predicted octanol–water partition coefficient (Wildman–Crippen LogP) is 2.22. The Labute approximate surface area is 121 Å². The summed E-state index contributed by atoms with van der Waals surface area (Å²) in [7, 11) is 0.